The molecule has 0 aliphatic carbocycles. The zero-order valence-corrected chi connectivity index (χ0v) is 13.7. The molecule has 1 heterocycles. The fraction of sp³-hybridized carbons (Fsp3) is 0.316. The van der Waals surface area contributed by atoms with Gasteiger partial charge in [0.1, 0.15) is 17.1 Å². The number of ether oxygens (including phenoxy) is 2. The van der Waals surface area contributed by atoms with Gasteiger partial charge in [0.25, 0.3) is 5.91 Å². The number of nitrogens with one attached hydrogen (secondary N) is 1. The largest absolute Gasteiger partial charge is 0.496 e. The Hall–Kier alpha value is -2.49. The van der Waals surface area contributed by atoms with Crippen LogP contribution in [-0.2, 0) is 6.42 Å². The van der Waals surface area contributed by atoms with E-state index in [0.29, 0.717) is 11.3 Å². The third-order valence-electron chi connectivity index (χ3n) is 4.05. The normalized spacial score (nSPS) is 15.3. The van der Waals surface area contributed by atoms with E-state index >= 15 is 0 Å². The summed E-state index contributed by atoms with van der Waals surface area (Å²) in [5.74, 6) is 1.28. The molecule has 2 aromatic carbocycles. The average Bonchev–Trinajstić information content (AvgIpc) is 2.54. The maximum absolute atomic E-state index is 12.4. The van der Waals surface area contributed by atoms with E-state index in [1.54, 1.807) is 19.2 Å². The molecule has 0 atom stereocenters. The molecule has 4 nitrogen and oxygen atoms in total. The van der Waals surface area contributed by atoms with Crippen molar-refractivity contribution in [3.05, 3.63) is 53.6 Å². The SMILES string of the molecule is COc1ccccc1C(=O)Nc1ccc2c(c1)CCC(C)(C)O2. The summed E-state index contributed by atoms with van der Waals surface area (Å²) in [5.41, 5.74) is 2.28. The fourth-order valence-electron chi connectivity index (χ4n) is 2.77. The highest BCUT2D eigenvalue weighted by Crippen LogP contribution is 2.34. The zero-order chi connectivity index (χ0) is 16.4. The lowest BCUT2D eigenvalue weighted by atomic mass is 9.94. The molecule has 4 heteroatoms. The molecule has 1 amide bonds. The van der Waals surface area contributed by atoms with E-state index in [1.165, 1.54) is 0 Å². The molecular formula is C19H21NO3. The second-order valence-corrected chi connectivity index (χ2v) is 6.34. The van der Waals surface area contributed by atoms with E-state index in [9.17, 15) is 4.79 Å². The van der Waals surface area contributed by atoms with Gasteiger partial charge in [-0.15, -0.1) is 0 Å². The van der Waals surface area contributed by atoms with Crippen LogP contribution in [0.4, 0.5) is 5.69 Å². The standard InChI is InChI=1S/C19H21NO3/c1-19(2)11-10-13-12-14(8-9-16(13)23-19)20-18(21)15-6-4-5-7-17(15)22-3/h4-9,12H,10-11H2,1-3H3,(H,20,21). The van der Waals surface area contributed by atoms with Crippen molar-refractivity contribution >= 4 is 11.6 Å². The monoisotopic (exact) mass is 311 g/mol. The first-order chi connectivity index (χ1) is 11.0. The number of rotatable bonds is 3. The van der Waals surface area contributed by atoms with Crippen molar-refractivity contribution in [3.8, 4) is 11.5 Å². The van der Waals surface area contributed by atoms with Crippen LogP contribution in [0.3, 0.4) is 0 Å². The Morgan fingerprint density at radius 2 is 2.00 bits per heavy atom. The van der Waals surface area contributed by atoms with Gasteiger partial charge in [0, 0.05) is 5.69 Å². The molecule has 1 aliphatic heterocycles. The summed E-state index contributed by atoms with van der Waals surface area (Å²) in [7, 11) is 1.56. The molecule has 1 N–H and O–H groups in total. The number of methoxy groups -OCH3 is 1. The second kappa shape index (κ2) is 5.95. The fourth-order valence-corrected chi connectivity index (χ4v) is 2.77. The minimum atomic E-state index is -0.181. The number of fused-ring (bicyclic) bond motifs is 1. The third-order valence-corrected chi connectivity index (χ3v) is 4.05. The summed E-state index contributed by atoms with van der Waals surface area (Å²) >= 11 is 0. The number of aryl methyl sites for hydroxylation is 1. The molecular weight excluding hydrogens is 290 g/mol. The Morgan fingerprint density at radius 3 is 2.78 bits per heavy atom. The number of para-hydroxylation sites is 1. The zero-order valence-electron chi connectivity index (χ0n) is 13.7. The van der Waals surface area contributed by atoms with E-state index in [2.05, 4.69) is 19.2 Å². The Bertz CT molecular complexity index is 737. The quantitative estimate of drug-likeness (QED) is 0.930. The maximum atomic E-state index is 12.4. The number of anilines is 1. The van der Waals surface area contributed by atoms with Crippen LogP contribution >= 0.6 is 0 Å². The molecule has 0 aromatic heterocycles. The third kappa shape index (κ3) is 3.31. The predicted octanol–water partition coefficient (Wildman–Crippen LogP) is 4.05. The van der Waals surface area contributed by atoms with Gasteiger partial charge in [0.15, 0.2) is 0 Å². The molecule has 0 spiro atoms. The highest BCUT2D eigenvalue weighted by atomic mass is 16.5. The molecule has 0 unspecified atom stereocenters. The average molecular weight is 311 g/mol. The van der Waals surface area contributed by atoms with Gasteiger partial charge in [-0.05, 0) is 62.6 Å². The van der Waals surface area contributed by atoms with Gasteiger partial charge in [0.2, 0.25) is 0 Å². The lowest BCUT2D eigenvalue weighted by Crippen LogP contribution is -2.32. The number of carbonyl (C=O) groups excluding carboxylic acids is 1. The first-order valence-corrected chi connectivity index (χ1v) is 7.75. The van der Waals surface area contributed by atoms with Gasteiger partial charge in [-0.3, -0.25) is 4.79 Å². The summed E-state index contributed by atoms with van der Waals surface area (Å²) in [6, 6.07) is 13.0. The molecule has 0 radical (unpaired) electrons. The van der Waals surface area contributed by atoms with Gasteiger partial charge < -0.3 is 14.8 Å². The second-order valence-electron chi connectivity index (χ2n) is 6.34. The van der Waals surface area contributed by atoms with Crippen LogP contribution in [-0.4, -0.2) is 18.6 Å². The highest BCUT2D eigenvalue weighted by Gasteiger charge is 2.26. The first kappa shape index (κ1) is 15.4. The van der Waals surface area contributed by atoms with Crippen LogP contribution in [0.15, 0.2) is 42.5 Å². The molecule has 3 rings (SSSR count). The number of amides is 1. The molecule has 0 bridgehead atoms. The van der Waals surface area contributed by atoms with Crippen molar-refractivity contribution in [2.45, 2.75) is 32.3 Å². The number of hydrogen-bond acceptors (Lipinski definition) is 3. The Morgan fingerprint density at radius 1 is 1.22 bits per heavy atom. The van der Waals surface area contributed by atoms with Gasteiger partial charge in [-0.2, -0.15) is 0 Å². The van der Waals surface area contributed by atoms with Crippen molar-refractivity contribution < 1.29 is 14.3 Å². The lowest BCUT2D eigenvalue weighted by molar-refractivity contribution is 0.0847. The van der Waals surface area contributed by atoms with Gasteiger partial charge in [-0.25, -0.2) is 0 Å². The molecule has 120 valence electrons. The van der Waals surface area contributed by atoms with E-state index < -0.39 is 0 Å². The highest BCUT2D eigenvalue weighted by molar-refractivity contribution is 6.06. The molecule has 0 saturated carbocycles. The van der Waals surface area contributed by atoms with E-state index in [-0.39, 0.29) is 11.5 Å². The Balaban J connectivity index is 1.80. The van der Waals surface area contributed by atoms with Crippen LogP contribution in [0.1, 0.15) is 36.2 Å². The van der Waals surface area contributed by atoms with E-state index in [0.717, 1.165) is 29.8 Å². The molecule has 1 aliphatic rings. The lowest BCUT2D eigenvalue weighted by Gasteiger charge is -2.32. The summed E-state index contributed by atoms with van der Waals surface area (Å²) in [4.78, 5) is 12.4. The van der Waals surface area contributed by atoms with Crippen LogP contribution in [0, 0.1) is 0 Å². The van der Waals surface area contributed by atoms with Gasteiger partial charge >= 0.3 is 0 Å². The molecule has 0 saturated heterocycles. The van der Waals surface area contributed by atoms with Gasteiger partial charge in [-0.1, -0.05) is 12.1 Å². The predicted molar refractivity (Wildman–Crippen MR) is 90.4 cm³/mol. The van der Waals surface area contributed by atoms with Crippen molar-refractivity contribution in [2.75, 3.05) is 12.4 Å². The molecule has 23 heavy (non-hydrogen) atoms. The van der Waals surface area contributed by atoms with E-state index in [1.807, 2.05) is 30.3 Å². The topological polar surface area (TPSA) is 47.6 Å². The summed E-state index contributed by atoms with van der Waals surface area (Å²) < 4.78 is 11.2. The van der Waals surface area contributed by atoms with Gasteiger partial charge in [0.05, 0.1) is 12.7 Å². The van der Waals surface area contributed by atoms with Crippen molar-refractivity contribution in [1.29, 1.82) is 0 Å². The van der Waals surface area contributed by atoms with Crippen LogP contribution < -0.4 is 14.8 Å². The van der Waals surface area contributed by atoms with Crippen molar-refractivity contribution in [2.24, 2.45) is 0 Å². The molecule has 0 fully saturated rings. The summed E-state index contributed by atoms with van der Waals surface area (Å²) in [5, 5.41) is 2.93. The van der Waals surface area contributed by atoms with Crippen LogP contribution in [0.25, 0.3) is 0 Å². The minimum absolute atomic E-state index is 0.130. The van der Waals surface area contributed by atoms with Crippen molar-refractivity contribution in [1.82, 2.24) is 0 Å². The molecule has 2 aromatic rings. The van der Waals surface area contributed by atoms with Crippen LogP contribution in [0.5, 0.6) is 11.5 Å². The summed E-state index contributed by atoms with van der Waals surface area (Å²) in [6.45, 7) is 4.18. The Kier molecular flexibility index (Phi) is 3.99. The Labute approximate surface area is 136 Å². The smallest absolute Gasteiger partial charge is 0.259 e. The first-order valence-electron chi connectivity index (χ1n) is 7.75. The number of benzene rings is 2. The van der Waals surface area contributed by atoms with E-state index in [4.69, 9.17) is 9.47 Å². The summed E-state index contributed by atoms with van der Waals surface area (Å²) in [6.07, 6.45) is 1.91. The van der Waals surface area contributed by atoms with Crippen LogP contribution in [0.2, 0.25) is 0 Å². The van der Waals surface area contributed by atoms with Crippen molar-refractivity contribution in [3.63, 3.8) is 0 Å². The number of hydrogen-bond donors (Lipinski definition) is 1. The maximum Gasteiger partial charge on any atom is 0.259 e. The minimum Gasteiger partial charge on any atom is -0.496 e. The number of carbonyl (C=O) groups is 1.